The molecule has 4 aliphatic rings. The van der Waals surface area contributed by atoms with E-state index in [9.17, 15) is 9.50 Å². The number of fused-ring (bicyclic) bond motifs is 7. The first-order valence-electron chi connectivity index (χ1n) is 18.0. The van der Waals surface area contributed by atoms with Crippen molar-refractivity contribution in [3.8, 4) is 35.2 Å². The molecule has 52 heavy (non-hydrogen) atoms. The number of hydrogen-bond acceptors (Lipinski definition) is 9. The molecule has 0 saturated carbocycles. The molecule has 0 spiro atoms. The molecule has 6 heterocycles. The van der Waals surface area contributed by atoms with Crippen LogP contribution in [0.4, 0.5) is 19.0 Å². The number of ether oxygens (including phenoxy) is 2. The number of hydrogen-bond donors (Lipinski definition) is 2. The van der Waals surface area contributed by atoms with Crippen molar-refractivity contribution >= 4 is 38.5 Å². The van der Waals surface area contributed by atoms with E-state index in [2.05, 4.69) is 21.0 Å². The predicted octanol–water partition coefficient (Wildman–Crippen LogP) is 6.77. The quantitative estimate of drug-likeness (QED) is 0.169. The zero-order valence-corrected chi connectivity index (χ0v) is 29.2. The molecule has 12 heteroatoms. The third-order valence-corrected chi connectivity index (χ3v) is 11.8. The average molecular weight is 712 g/mol. The molecule has 2 aromatic heterocycles. The minimum Gasteiger partial charge on any atom is -0.508 e. The number of furan rings is 1. The van der Waals surface area contributed by atoms with Gasteiger partial charge >= 0.3 is 6.01 Å². The summed E-state index contributed by atoms with van der Waals surface area (Å²) in [4.78, 5) is 14.1. The molecule has 0 radical (unpaired) electrons. The lowest BCUT2D eigenvalue weighted by Gasteiger charge is -2.42. The van der Waals surface area contributed by atoms with E-state index in [-0.39, 0.29) is 63.1 Å². The van der Waals surface area contributed by atoms with Crippen molar-refractivity contribution in [2.45, 2.75) is 68.7 Å². The van der Waals surface area contributed by atoms with Crippen LogP contribution in [0.25, 0.3) is 43.8 Å². The molecule has 2 bridgehead atoms. The van der Waals surface area contributed by atoms with E-state index in [0.29, 0.717) is 60.4 Å². The van der Waals surface area contributed by atoms with E-state index in [1.807, 2.05) is 6.07 Å². The third kappa shape index (κ3) is 5.19. The summed E-state index contributed by atoms with van der Waals surface area (Å²) in [7, 11) is 1.70. The molecular formula is C40H40F3N5O4. The highest BCUT2D eigenvalue weighted by Crippen LogP contribution is 2.47. The number of phenols is 1. The summed E-state index contributed by atoms with van der Waals surface area (Å²) < 4.78 is 65.7. The van der Waals surface area contributed by atoms with Gasteiger partial charge in [-0.15, -0.1) is 6.42 Å². The van der Waals surface area contributed by atoms with Crippen molar-refractivity contribution in [3.05, 3.63) is 53.3 Å². The van der Waals surface area contributed by atoms with Crippen LogP contribution in [0.2, 0.25) is 0 Å². The summed E-state index contributed by atoms with van der Waals surface area (Å²) in [5.41, 5.74) is -0.400. The summed E-state index contributed by atoms with van der Waals surface area (Å²) in [6.45, 7) is 4.93. The highest BCUT2D eigenvalue weighted by molar-refractivity contribution is 6.18. The Labute approximate surface area is 299 Å². The van der Waals surface area contributed by atoms with Crippen LogP contribution in [-0.4, -0.2) is 89.8 Å². The zero-order chi connectivity index (χ0) is 35.9. The average Bonchev–Trinajstić information content (AvgIpc) is 3.86. The molecule has 9 rings (SSSR count). The van der Waals surface area contributed by atoms with E-state index >= 15 is 8.78 Å². The van der Waals surface area contributed by atoms with Gasteiger partial charge in [0, 0.05) is 67.7 Å². The summed E-state index contributed by atoms with van der Waals surface area (Å²) in [6.07, 6.45) is 9.71. The topological polar surface area (TPSA) is 96.1 Å². The molecule has 4 fully saturated rings. The first-order chi connectivity index (χ1) is 25.1. The smallest absolute Gasteiger partial charge is 0.319 e. The summed E-state index contributed by atoms with van der Waals surface area (Å²) in [5.74, 6) is 1.91. The minimum atomic E-state index is -0.941. The summed E-state index contributed by atoms with van der Waals surface area (Å²) in [6, 6.07) is 7.57. The normalized spacial score (nSPS) is 25.8. The Balaban J connectivity index is 1.28. The van der Waals surface area contributed by atoms with E-state index < -0.39 is 23.3 Å². The lowest BCUT2D eigenvalue weighted by atomic mass is 9.91. The SMILES string of the molecule is C#Cc1c(F)ccc2cc(O)cc(-c3c(F)c4nc(OC[C@@]56CCCN5C[C@H](F)C6)nc(N5CC6CCC(CCOC)(C5)N6)c4c4cc(C)oc34)c12. The van der Waals surface area contributed by atoms with Crippen molar-refractivity contribution in [3.63, 3.8) is 0 Å². The molecule has 0 aliphatic carbocycles. The Hall–Kier alpha value is -4.57. The Kier molecular flexibility index (Phi) is 7.84. The largest absolute Gasteiger partial charge is 0.508 e. The van der Waals surface area contributed by atoms with Crippen molar-refractivity contribution in [2.75, 3.05) is 51.4 Å². The number of aryl methyl sites for hydroxylation is 1. The Morgan fingerprint density at radius 2 is 2.02 bits per heavy atom. The molecule has 4 atom stereocenters. The second-order valence-corrected chi connectivity index (χ2v) is 15.1. The number of alkyl halides is 1. The van der Waals surface area contributed by atoms with Crippen LogP contribution < -0.4 is 15.0 Å². The Morgan fingerprint density at radius 3 is 2.85 bits per heavy atom. The van der Waals surface area contributed by atoms with Crippen LogP contribution >= 0.6 is 0 Å². The molecule has 2 unspecified atom stereocenters. The van der Waals surface area contributed by atoms with Gasteiger partial charge in [0.25, 0.3) is 0 Å². The summed E-state index contributed by atoms with van der Waals surface area (Å²) >= 11 is 0. The number of rotatable bonds is 8. The summed E-state index contributed by atoms with van der Waals surface area (Å²) in [5, 5.41) is 16.4. The maximum atomic E-state index is 17.7. The maximum absolute atomic E-state index is 17.7. The van der Waals surface area contributed by atoms with Crippen LogP contribution in [-0.2, 0) is 4.74 Å². The van der Waals surface area contributed by atoms with Crippen molar-refractivity contribution in [1.82, 2.24) is 20.2 Å². The molecular weight excluding hydrogens is 671 g/mol. The number of piperazine rings is 1. The fraction of sp³-hybridized carbons (Fsp3) is 0.450. The number of nitrogens with zero attached hydrogens (tertiary/aromatic N) is 4. The van der Waals surface area contributed by atoms with Gasteiger partial charge < -0.3 is 29.2 Å². The molecule has 3 aromatic carbocycles. The van der Waals surface area contributed by atoms with Crippen LogP contribution in [0.15, 0.2) is 34.7 Å². The number of aromatic hydroxyl groups is 1. The van der Waals surface area contributed by atoms with Gasteiger partial charge in [0.1, 0.15) is 47.0 Å². The van der Waals surface area contributed by atoms with Gasteiger partial charge in [-0.25, -0.2) is 13.2 Å². The number of nitrogens with one attached hydrogen (secondary N) is 1. The number of phenolic OH excluding ortho intramolecular Hbond substituents is 1. The highest BCUT2D eigenvalue weighted by Gasteiger charge is 2.50. The second-order valence-electron chi connectivity index (χ2n) is 15.1. The first kappa shape index (κ1) is 33.3. The van der Waals surface area contributed by atoms with E-state index in [0.717, 1.165) is 38.6 Å². The molecule has 4 aliphatic heterocycles. The predicted molar refractivity (Wildman–Crippen MR) is 193 cm³/mol. The van der Waals surface area contributed by atoms with Crippen LogP contribution in [0.5, 0.6) is 11.8 Å². The maximum Gasteiger partial charge on any atom is 0.319 e. The van der Waals surface area contributed by atoms with Gasteiger partial charge in [0.2, 0.25) is 0 Å². The van der Waals surface area contributed by atoms with E-state index in [1.165, 1.54) is 24.3 Å². The van der Waals surface area contributed by atoms with Crippen molar-refractivity contribution in [1.29, 1.82) is 0 Å². The van der Waals surface area contributed by atoms with Crippen molar-refractivity contribution < 1.29 is 32.2 Å². The lowest BCUT2D eigenvalue weighted by Crippen LogP contribution is -2.60. The fourth-order valence-corrected chi connectivity index (χ4v) is 9.60. The van der Waals surface area contributed by atoms with Gasteiger partial charge in [-0.3, -0.25) is 4.90 Å². The number of terminal acetylenes is 1. The molecule has 0 amide bonds. The van der Waals surface area contributed by atoms with Gasteiger partial charge in [0.05, 0.1) is 22.1 Å². The highest BCUT2D eigenvalue weighted by atomic mass is 19.1. The second kappa shape index (κ2) is 12.3. The van der Waals surface area contributed by atoms with Crippen LogP contribution in [0, 0.1) is 30.9 Å². The number of aromatic nitrogens is 2. The molecule has 9 nitrogen and oxygen atoms in total. The van der Waals surface area contributed by atoms with Crippen LogP contribution in [0.3, 0.4) is 0 Å². The van der Waals surface area contributed by atoms with Crippen LogP contribution in [0.1, 0.15) is 49.8 Å². The standard InChI is InChI=1S/C40H40F3N5O4/c1-4-27-30(42)7-6-23-15-26(49)16-28(31(23)27)32-34(43)35-33(29-14-22(2)52-36(29)32)37(47-19-25-8-10-39(20-47,46-25)11-13-50-3)45-38(44-35)51-21-40-9-5-12-48(40)18-24(41)17-40/h1,6-7,14-16,24-25,46,49H,5,8-13,17-21H2,2-3H3/t24-,25?,39?,40+/m1/s1. The first-order valence-corrected chi connectivity index (χ1v) is 18.0. The van der Waals surface area contributed by atoms with E-state index in [1.54, 1.807) is 14.0 Å². The van der Waals surface area contributed by atoms with E-state index in [4.69, 9.17) is 30.3 Å². The number of anilines is 1. The number of halogens is 3. The zero-order valence-electron chi connectivity index (χ0n) is 29.2. The van der Waals surface area contributed by atoms with Gasteiger partial charge in [-0.05, 0) is 75.2 Å². The monoisotopic (exact) mass is 711 g/mol. The molecule has 4 saturated heterocycles. The van der Waals surface area contributed by atoms with Gasteiger partial charge in [-0.2, -0.15) is 9.97 Å². The Bertz CT molecular complexity index is 2310. The van der Waals surface area contributed by atoms with Gasteiger partial charge in [0.15, 0.2) is 5.82 Å². The van der Waals surface area contributed by atoms with Gasteiger partial charge in [-0.1, -0.05) is 12.0 Å². The number of benzene rings is 3. The van der Waals surface area contributed by atoms with Crippen molar-refractivity contribution in [2.24, 2.45) is 0 Å². The molecule has 2 N–H and O–H groups in total. The number of methoxy groups -OCH3 is 1. The fourth-order valence-electron chi connectivity index (χ4n) is 9.60. The lowest BCUT2D eigenvalue weighted by molar-refractivity contribution is 0.107. The minimum absolute atomic E-state index is 0.00848. The third-order valence-electron chi connectivity index (χ3n) is 11.8. The molecule has 5 aromatic rings. The molecule has 270 valence electrons. The Morgan fingerprint density at radius 1 is 1.15 bits per heavy atom.